The van der Waals surface area contributed by atoms with Crippen molar-refractivity contribution in [1.82, 2.24) is 10.2 Å². The van der Waals surface area contributed by atoms with E-state index in [-0.39, 0.29) is 28.8 Å². The van der Waals surface area contributed by atoms with Crippen LogP contribution in [-0.2, 0) is 4.79 Å². The molecule has 6 nitrogen and oxygen atoms in total. The highest BCUT2D eigenvalue weighted by atomic mass is 35.5. The minimum absolute atomic E-state index is 0.0406. The number of likely N-dealkylation sites (N-methyl/N-ethyl adjacent to an activating group) is 1. The van der Waals surface area contributed by atoms with E-state index in [1.54, 1.807) is 31.4 Å². The zero-order valence-corrected chi connectivity index (χ0v) is 21.3. The van der Waals surface area contributed by atoms with Crippen molar-refractivity contribution in [2.75, 3.05) is 19.5 Å². The molecule has 3 saturated carbocycles. The number of amides is 3. The van der Waals surface area contributed by atoms with E-state index < -0.39 is 0 Å². The van der Waals surface area contributed by atoms with E-state index in [0.29, 0.717) is 40.3 Å². The molecular weight excluding hydrogens is 450 g/mol. The number of nitrogens with zero attached hydrogens (tertiary/aromatic N) is 1. The first-order valence-corrected chi connectivity index (χ1v) is 12.9. The zero-order chi connectivity index (χ0) is 24.3. The average molecular weight is 486 g/mol. The molecule has 5 rings (SSSR count). The predicted octanol–water partition coefficient (Wildman–Crippen LogP) is 5.48. The Bertz CT molecular complexity index is 1030. The van der Waals surface area contributed by atoms with Gasteiger partial charge in [-0.15, -0.1) is 0 Å². The third kappa shape index (κ3) is 3.60. The highest BCUT2D eigenvalue weighted by Gasteiger charge is 2.60. The van der Waals surface area contributed by atoms with Gasteiger partial charge in [-0.1, -0.05) is 31.5 Å². The van der Waals surface area contributed by atoms with Crippen LogP contribution < -0.4 is 15.4 Å². The Morgan fingerprint density at radius 2 is 1.94 bits per heavy atom. The van der Waals surface area contributed by atoms with Gasteiger partial charge in [0.05, 0.1) is 12.8 Å². The molecule has 1 aliphatic heterocycles. The van der Waals surface area contributed by atoms with Gasteiger partial charge in [-0.25, -0.2) is 4.79 Å². The summed E-state index contributed by atoms with van der Waals surface area (Å²) in [5, 5.41) is 6.79. The lowest BCUT2D eigenvalue weighted by Gasteiger charge is -2.60. The normalized spacial score (nSPS) is 38.6. The average Bonchev–Trinajstić information content (AvgIpc) is 3.13. The summed E-state index contributed by atoms with van der Waals surface area (Å²) in [4.78, 5) is 27.3. The van der Waals surface area contributed by atoms with Gasteiger partial charge >= 0.3 is 6.03 Å². The van der Waals surface area contributed by atoms with Gasteiger partial charge in [-0.3, -0.25) is 4.79 Å². The number of hydrogen-bond donors (Lipinski definition) is 2. The first-order chi connectivity index (χ1) is 16.2. The smallest absolute Gasteiger partial charge is 0.319 e. The van der Waals surface area contributed by atoms with E-state index >= 15 is 0 Å². The summed E-state index contributed by atoms with van der Waals surface area (Å²) in [7, 11) is 3.54. The third-order valence-corrected chi connectivity index (χ3v) is 10.1. The van der Waals surface area contributed by atoms with Crippen LogP contribution in [0.5, 0.6) is 5.75 Å². The molecule has 1 heterocycles. The molecule has 7 heteroatoms. The van der Waals surface area contributed by atoms with Crippen LogP contribution in [0.4, 0.5) is 10.5 Å². The van der Waals surface area contributed by atoms with Gasteiger partial charge in [-0.05, 0) is 86.0 Å². The standard InChI is InChI=1S/C27H36ClN3O3/c1-26-13-11-19-17(6-10-23-27(19,2)14-12-24(32)31(23)3)18(26)7-9-22(26)30-25(33)29-20-15-16(28)5-8-21(20)34-4/h5,8,12,14-15,17-19,22-23H,6-7,9-11,13H2,1-4H3,(H2,29,30,33)/t17-,18-,19-,22-,23+,26-,27+/m0/s1. The lowest BCUT2D eigenvalue weighted by molar-refractivity contribution is -0.138. The molecule has 3 amide bonds. The molecule has 0 bridgehead atoms. The van der Waals surface area contributed by atoms with Crippen LogP contribution in [0.15, 0.2) is 30.4 Å². The fraction of sp³-hybridized carbons (Fsp3) is 0.630. The number of urea groups is 1. The van der Waals surface area contributed by atoms with Crippen molar-refractivity contribution >= 4 is 29.2 Å². The van der Waals surface area contributed by atoms with Gasteiger partial charge in [0, 0.05) is 29.6 Å². The third-order valence-electron chi connectivity index (χ3n) is 9.84. The Hall–Kier alpha value is -2.21. The number of hydrogen-bond acceptors (Lipinski definition) is 3. The Labute approximate surface area is 207 Å². The number of anilines is 1. The molecule has 7 atom stereocenters. The monoisotopic (exact) mass is 485 g/mol. The molecule has 0 radical (unpaired) electrons. The highest BCUT2D eigenvalue weighted by Crippen LogP contribution is 2.63. The van der Waals surface area contributed by atoms with Crippen LogP contribution in [0, 0.1) is 28.6 Å². The number of fused-ring (bicyclic) bond motifs is 5. The number of carbonyl (C=O) groups is 2. The second-order valence-electron chi connectivity index (χ2n) is 11.2. The first kappa shape index (κ1) is 23.5. The number of methoxy groups -OCH3 is 1. The van der Waals surface area contributed by atoms with Crippen molar-refractivity contribution in [3.05, 3.63) is 35.4 Å². The number of nitrogens with one attached hydrogen (secondary N) is 2. The molecule has 4 aliphatic rings. The number of halogens is 1. The second-order valence-corrected chi connectivity index (χ2v) is 11.7. The van der Waals surface area contributed by atoms with Gasteiger partial charge in [0.1, 0.15) is 5.75 Å². The van der Waals surface area contributed by atoms with Crippen molar-refractivity contribution in [2.24, 2.45) is 28.6 Å². The molecule has 0 aromatic heterocycles. The molecule has 34 heavy (non-hydrogen) atoms. The van der Waals surface area contributed by atoms with Crippen molar-refractivity contribution < 1.29 is 14.3 Å². The van der Waals surface area contributed by atoms with Gasteiger partial charge < -0.3 is 20.3 Å². The molecule has 0 spiro atoms. The summed E-state index contributed by atoms with van der Waals surface area (Å²) in [6, 6.07) is 5.44. The van der Waals surface area contributed by atoms with Crippen molar-refractivity contribution in [1.29, 1.82) is 0 Å². The van der Waals surface area contributed by atoms with E-state index in [2.05, 4.69) is 30.6 Å². The van der Waals surface area contributed by atoms with Gasteiger partial charge in [0.2, 0.25) is 5.91 Å². The number of carbonyl (C=O) groups excluding carboxylic acids is 2. The number of ether oxygens (including phenoxy) is 1. The fourth-order valence-corrected chi connectivity index (χ4v) is 8.24. The first-order valence-electron chi connectivity index (χ1n) is 12.5. The van der Waals surface area contributed by atoms with E-state index in [1.807, 2.05) is 11.9 Å². The lowest BCUT2D eigenvalue weighted by atomic mass is 9.48. The molecule has 3 fully saturated rings. The summed E-state index contributed by atoms with van der Waals surface area (Å²) >= 11 is 6.13. The topological polar surface area (TPSA) is 70.7 Å². The Kier molecular flexibility index (Phi) is 5.86. The molecule has 184 valence electrons. The van der Waals surface area contributed by atoms with E-state index in [0.717, 1.165) is 38.5 Å². The van der Waals surface area contributed by atoms with Crippen molar-refractivity contribution in [2.45, 2.75) is 64.5 Å². The Morgan fingerprint density at radius 1 is 1.15 bits per heavy atom. The SMILES string of the molecule is COc1ccc(Cl)cc1NC(=O)N[C@H]1CC[C@H]2[C@@H]3CC[C@H]4N(C)C(=O)C=C[C@]4(C)[C@H]3CC[C@]12C. The largest absolute Gasteiger partial charge is 0.495 e. The summed E-state index contributed by atoms with van der Waals surface area (Å²) in [5.41, 5.74) is 0.698. The number of rotatable bonds is 3. The van der Waals surface area contributed by atoms with Gasteiger partial charge in [-0.2, -0.15) is 0 Å². The van der Waals surface area contributed by atoms with Crippen LogP contribution in [0.2, 0.25) is 5.02 Å². The quantitative estimate of drug-likeness (QED) is 0.595. The molecule has 1 aromatic rings. The summed E-state index contributed by atoms with van der Waals surface area (Å²) < 4.78 is 5.37. The molecule has 0 saturated heterocycles. The molecule has 1 aromatic carbocycles. The van der Waals surface area contributed by atoms with Crippen LogP contribution in [0.25, 0.3) is 0 Å². The molecule has 0 unspecified atom stereocenters. The highest BCUT2D eigenvalue weighted by molar-refractivity contribution is 6.31. The molecule has 2 N–H and O–H groups in total. The van der Waals surface area contributed by atoms with Crippen LogP contribution in [-0.4, -0.2) is 43.1 Å². The van der Waals surface area contributed by atoms with Crippen LogP contribution in [0.1, 0.15) is 52.4 Å². The summed E-state index contributed by atoms with van der Waals surface area (Å²) in [5.74, 6) is 2.53. The van der Waals surface area contributed by atoms with Gasteiger partial charge in [0.25, 0.3) is 0 Å². The van der Waals surface area contributed by atoms with Crippen LogP contribution >= 0.6 is 11.6 Å². The maximum atomic E-state index is 13.0. The van der Waals surface area contributed by atoms with Crippen molar-refractivity contribution in [3.8, 4) is 5.75 Å². The van der Waals surface area contributed by atoms with E-state index in [1.165, 1.54) is 0 Å². The maximum Gasteiger partial charge on any atom is 0.319 e. The van der Waals surface area contributed by atoms with Gasteiger partial charge in [0.15, 0.2) is 0 Å². The Balaban J connectivity index is 1.31. The fourth-order valence-electron chi connectivity index (χ4n) is 8.07. The predicted molar refractivity (Wildman–Crippen MR) is 134 cm³/mol. The number of benzene rings is 1. The minimum atomic E-state index is -0.208. The van der Waals surface area contributed by atoms with Crippen LogP contribution in [0.3, 0.4) is 0 Å². The molecular formula is C27H36ClN3O3. The van der Waals surface area contributed by atoms with Crippen molar-refractivity contribution in [3.63, 3.8) is 0 Å². The second kappa shape index (κ2) is 8.47. The summed E-state index contributed by atoms with van der Waals surface area (Å²) in [6.45, 7) is 4.75. The van der Waals surface area contributed by atoms with E-state index in [9.17, 15) is 9.59 Å². The maximum absolute atomic E-state index is 13.0. The summed E-state index contributed by atoms with van der Waals surface area (Å²) in [6.07, 6.45) is 10.6. The zero-order valence-electron chi connectivity index (χ0n) is 20.6. The minimum Gasteiger partial charge on any atom is -0.495 e. The van der Waals surface area contributed by atoms with E-state index in [4.69, 9.17) is 16.3 Å². The Morgan fingerprint density at radius 3 is 2.71 bits per heavy atom. The molecule has 3 aliphatic carbocycles. The lowest BCUT2D eigenvalue weighted by Crippen LogP contribution is -2.60.